The molecule has 0 saturated carbocycles. The van der Waals surface area contributed by atoms with E-state index >= 15 is 0 Å². The van der Waals surface area contributed by atoms with Gasteiger partial charge in [-0.2, -0.15) is 0 Å². The summed E-state index contributed by atoms with van der Waals surface area (Å²) in [4.78, 5) is 0. The van der Waals surface area contributed by atoms with Gasteiger partial charge in [0.25, 0.3) is 0 Å². The molecular formula is C10H20ClNO. The van der Waals surface area contributed by atoms with Crippen LogP contribution in [0.5, 0.6) is 0 Å². The van der Waals surface area contributed by atoms with Gasteiger partial charge in [-0.1, -0.05) is 13.2 Å². The van der Waals surface area contributed by atoms with Gasteiger partial charge in [-0.3, -0.25) is 0 Å². The lowest BCUT2D eigenvalue weighted by molar-refractivity contribution is -0.898. The second kappa shape index (κ2) is 8.30. The van der Waals surface area contributed by atoms with Crippen molar-refractivity contribution in [3.63, 3.8) is 0 Å². The van der Waals surface area contributed by atoms with Gasteiger partial charge in [0.1, 0.15) is 0 Å². The van der Waals surface area contributed by atoms with Gasteiger partial charge in [0, 0.05) is 13.0 Å². The van der Waals surface area contributed by atoms with Crippen LogP contribution >= 0.6 is 0 Å². The molecule has 2 nitrogen and oxygen atoms in total. The minimum Gasteiger partial charge on any atom is -1.00 e. The lowest BCUT2D eigenvalue weighted by Crippen LogP contribution is -3.00. The number of quaternary nitrogens is 1. The highest BCUT2D eigenvalue weighted by Crippen LogP contribution is 2.03. The minimum absolute atomic E-state index is 0. The second-order valence-corrected chi connectivity index (χ2v) is 3.36. The van der Waals surface area contributed by atoms with Crippen LogP contribution in [0.15, 0.2) is 25.3 Å². The van der Waals surface area contributed by atoms with Gasteiger partial charge in [0.05, 0.1) is 26.7 Å². The van der Waals surface area contributed by atoms with Crippen LogP contribution in [0, 0.1) is 0 Å². The van der Waals surface area contributed by atoms with Crippen LogP contribution in [-0.2, 0) is 0 Å². The number of hydrogen-bond acceptors (Lipinski definition) is 1. The van der Waals surface area contributed by atoms with Crippen molar-refractivity contribution in [1.29, 1.82) is 0 Å². The number of aliphatic hydroxyl groups is 1. The Labute approximate surface area is 87.6 Å². The zero-order valence-electron chi connectivity index (χ0n) is 8.38. The van der Waals surface area contributed by atoms with Crippen LogP contribution < -0.4 is 12.4 Å². The van der Waals surface area contributed by atoms with Gasteiger partial charge >= 0.3 is 0 Å². The molecule has 13 heavy (non-hydrogen) atoms. The average Bonchev–Trinajstić information content (AvgIpc) is 2.02. The summed E-state index contributed by atoms with van der Waals surface area (Å²) in [6, 6.07) is 0. The molecule has 0 aromatic heterocycles. The highest BCUT2D eigenvalue weighted by molar-refractivity contribution is 4.70. The smallest absolute Gasteiger partial charge is 0.0971 e. The molecule has 3 heteroatoms. The molecule has 0 spiro atoms. The fourth-order valence-electron chi connectivity index (χ4n) is 1.33. The predicted molar refractivity (Wildman–Crippen MR) is 52.9 cm³/mol. The first-order chi connectivity index (χ1) is 5.68. The topological polar surface area (TPSA) is 20.2 Å². The Morgan fingerprint density at radius 1 is 1.23 bits per heavy atom. The van der Waals surface area contributed by atoms with Crippen molar-refractivity contribution in [2.75, 3.05) is 33.3 Å². The molecule has 0 heterocycles. The number of halogens is 1. The van der Waals surface area contributed by atoms with Crippen molar-refractivity contribution in [2.24, 2.45) is 0 Å². The standard InChI is InChI=1S/C10H20NO.ClH/c1-4-7-11(3,8-5-2)9-6-10-12;/h4-5,12H,1-2,6-10H2,3H3;1H/q+1;/p-1. The fraction of sp³-hybridized carbons (Fsp3) is 0.600. The molecule has 0 aliphatic rings. The molecule has 78 valence electrons. The summed E-state index contributed by atoms with van der Waals surface area (Å²) in [6.45, 7) is 10.6. The Hall–Kier alpha value is -0.310. The van der Waals surface area contributed by atoms with E-state index in [4.69, 9.17) is 5.11 Å². The lowest BCUT2D eigenvalue weighted by Gasteiger charge is -2.32. The van der Waals surface area contributed by atoms with Crippen molar-refractivity contribution in [2.45, 2.75) is 6.42 Å². The molecule has 0 bridgehead atoms. The number of hydrogen-bond donors (Lipinski definition) is 1. The predicted octanol–water partition coefficient (Wildman–Crippen LogP) is -1.81. The van der Waals surface area contributed by atoms with Gasteiger partial charge < -0.3 is 22.0 Å². The number of likely N-dealkylation sites (N-methyl/N-ethyl adjacent to an activating group) is 1. The van der Waals surface area contributed by atoms with Crippen LogP contribution in [-0.4, -0.2) is 42.9 Å². The highest BCUT2D eigenvalue weighted by Gasteiger charge is 2.16. The molecule has 0 radical (unpaired) electrons. The van der Waals surface area contributed by atoms with E-state index in [0.29, 0.717) is 0 Å². The number of rotatable bonds is 7. The van der Waals surface area contributed by atoms with E-state index in [2.05, 4.69) is 20.2 Å². The van der Waals surface area contributed by atoms with Crippen molar-refractivity contribution in [1.82, 2.24) is 0 Å². The van der Waals surface area contributed by atoms with E-state index in [0.717, 1.165) is 30.5 Å². The molecule has 0 unspecified atom stereocenters. The van der Waals surface area contributed by atoms with Crippen LogP contribution in [0.2, 0.25) is 0 Å². The molecule has 1 N–H and O–H groups in total. The van der Waals surface area contributed by atoms with Gasteiger partial charge in [-0.05, 0) is 12.2 Å². The third kappa shape index (κ3) is 6.82. The molecule has 0 amide bonds. The summed E-state index contributed by atoms with van der Waals surface area (Å²) in [7, 11) is 2.15. The molecule has 0 fully saturated rings. The van der Waals surface area contributed by atoms with Gasteiger partial charge in [-0.15, -0.1) is 0 Å². The highest BCUT2D eigenvalue weighted by atomic mass is 35.5. The Kier molecular flexibility index (Phi) is 9.68. The summed E-state index contributed by atoms with van der Waals surface area (Å²) in [6.07, 6.45) is 4.68. The molecule has 0 aliphatic carbocycles. The van der Waals surface area contributed by atoms with Crippen molar-refractivity contribution < 1.29 is 22.0 Å². The molecule has 0 saturated heterocycles. The van der Waals surface area contributed by atoms with Crippen molar-refractivity contribution >= 4 is 0 Å². The SMILES string of the molecule is C=CC[N+](C)(CC=C)CCCO.[Cl-]. The second-order valence-electron chi connectivity index (χ2n) is 3.36. The molecule has 0 aliphatic heterocycles. The van der Waals surface area contributed by atoms with E-state index in [1.165, 1.54) is 0 Å². The van der Waals surface area contributed by atoms with Crippen LogP contribution in [0.3, 0.4) is 0 Å². The molecule has 0 aromatic rings. The molecular weight excluding hydrogens is 186 g/mol. The van der Waals surface area contributed by atoms with Crippen LogP contribution in [0.1, 0.15) is 6.42 Å². The Morgan fingerprint density at radius 2 is 1.69 bits per heavy atom. The Bertz CT molecular complexity index is 138. The quantitative estimate of drug-likeness (QED) is 0.384. The first-order valence-corrected chi connectivity index (χ1v) is 4.35. The monoisotopic (exact) mass is 205 g/mol. The van der Waals surface area contributed by atoms with E-state index in [1.807, 2.05) is 12.2 Å². The van der Waals surface area contributed by atoms with E-state index in [-0.39, 0.29) is 19.0 Å². The van der Waals surface area contributed by atoms with E-state index in [1.54, 1.807) is 0 Å². The largest absolute Gasteiger partial charge is 1.00 e. The van der Waals surface area contributed by atoms with E-state index in [9.17, 15) is 0 Å². The summed E-state index contributed by atoms with van der Waals surface area (Å²) in [5.74, 6) is 0. The molecule has 0 rings (SSSR count). The Balaban J connectivity index is 0. The average molecular weight is 206 g/mol. The lowest BCUT2D eigenvalue weighted by atomic mass is 10.3. The molecule has 0 aromatic carbocycles. The summed E-state index contributed by atoms with van der Waals surface area (Å²) in [5, 5.41) is 8.70. The molecule has 0 atom stereocenters. The summed E-state index contributed by atoms with van der Waals surface area (Å²) >= 11 is 0. The third-order valence-electron chi connectivity index (χ3n) is 2.00. The van der Waals surface area contributed by atoms with Gasteiger partial charge in [0.2, 0.25) is 0 Å². The summed E-state index contributed by atoms with van der Waals surface area (Å²) in [5.41, 5.74) is 0. The van der Waals surface area contributed by atoms with Crippen molar-refractivity contribution in [3.05, 3.63) is 25.3 Å². The normalized spacial score (nSPS) is 10.3. The maximum atomic E-state index is 8.70. The fourth-order valence-corrected chi connectivity index (χ4v) is 1.33. The van der Waals surface area contributed by atoms with E-state index < -0.39 is 0 Å². The maximum absolute atomic E-state index is 8.70. The number of nitrogens with zero attached hydrogens (tertiary/aromatic N) is 1. The first-order valence-electron chi connectivity index (χ1n) is 4.35. The van der Waals surface area contributed by atoms with Crippen molar-refractivity contribution in [3.8, 4) is 0 Å². The van der Waals surface area contributed by atoms with Crippen LogP contribution in [0.25, 0.3) is 0 Å². The number of aliphatic hydroxyl groups excluding tert-OH is 1. The minimum atomic E-state index is 0. The van der Waals surface area contributed by atoms with Gasteiger partial charge in [-0.25, -0.2) is 0 Å². The maximum Gasteiger partial charge on any atom is 0.0971 e. The summed E-state index contributed by atoms with van der Waals surface area (Å²) < 4.78 is 0.896. The zero-order chi connectivity index (χ0) is 9.45. The Morgan fingerprint density at radius 3 is 2.00 bits per heavy atom. The van der Waals surface area contributed by atoms with Gasteiger partial charge in [0.15, 0.2) is 0 Å². The zero-order valence-corrected chi connectivity index (χ0v) is 9.13. The van der Waals surface area contributed by atoms with Crippen LogP contribution in [0.4, 0.5) is 0 Å². The first kappa shape index (κ1) is 15.2. The third-order valence-corrected chi connectivity index (χ3v) is 2.00.